The van der Waals surface area contributed by atoms with Gasteiger partial charge in [-0.2, -0.15) is 0 Å². The van der Waals surface area contributed by atoms with E-state index in [4.69, 9.17) is 4.74 Å². The van der Waals surface area contributed by atoms with Gasteiger partial charge in [0.1, 0.15) is 11.6 Å². The Balaban J connectivity index is 1.70. The van der Waals surface area contributed by atoms with Gasteiger partial charge >= 0.3 is 0 Å². The summed E-state index contributed by atoms with van der Waals surface area (Å²) in [6.07, 6.45) is 2.98. The Kier molecular flexibility index (Phi) is 5.83. The summed E-state index contributed by atoms with van der Waals surface area (Å²) in [5.74, 6) is 2.01. The third-order valence-electron chi connectivity index (χ3n) is 3.65. The summed E-state index contributed by atoms with van der Waals surface area (Å²) in [6, 6.07) is 21.0. The zero-order valence-electron chi connectivity index (χ0n) is 14.6. The first kappa shape index (κ1) is 17.5. The Hall–Kier alpha value is -3.34. The lowest BCUT2D eigenvalue weighted by Crippen LogP contribution is -2.11. The molecule has 0 unspecified atom stereocenters. The minimum Gasteiger partial charge on any atom is -0.455 e. The van der Waals surface area contributed by atoms with Crippen LogP contribution in [0.15, 0.2) is 72.9 Å². The van der Waals surface area contributed by atoms with E-state index in [9.17, 15) is 4.79 Å². The van der Waals surface area contributed by atoms with Crippen molar-refractivity contribution in [3.05, 3.63) is 72.9 Å². The zero-order chi connectivity index (χ0) is 18.2. The molecule has 3 aromatic rings. The number of amides is 1. The highest BCUT2D eigenvalue weighted by molar-refractivity contribution is 5.89. The number of anilines is 3. The molecule has 1 amide bonds. The Morgan fingerprint density at radius 1 is 1.00 bits per heavy atom. The number of carbonyl (C=O) groups excluding carboxylic acids is 1. The topological polar surface area (TPSA) is 63.2 Å². The van der Waals surface area contributed by atoms with E-state index in [2.05, 4.69) is 15.6 Å². The summed E-state index contributed by atoms with van der Waals surface area (Å²) in [6.45, 7) is 1.97. The molecule has 0 fully saturated rings. The second kappa shape index (κ2) is 8.67. The number of benzene rings is 2. The largest absolute Gasteiger partial charge is 0.455 e. The van der Waals surface area contributed by atoms with Crippen molar-refractivity contribution in [2.75, 3.05) is 10.6 Å². The Bertz CT molecular complexity index is 849. The quantitative estimate of drug-likeness (QED) is 0.604. The fraction of sp³-hybridized carbons (Fsp3) is 0.143. The van der Waals surface area contributed by atoms with Crippen molar-refractivity contribution >= 4 is 23.1 Å². The first-order chi connectivity index (χ1) is 12.7. The molecule has 0 saturated carbocycles. The highest BCUT2D eigenvalue weighted by Gasteiger charge is 2.06. The predicted octanol–water partition coefficient (Wildman–Crippen LogP) is 5.36. The van der Waals surface area contributed by atoms with Gasteiger partial charge in [-0.05, 0) is 42.8 Å². The first-order valence-electron chi connectivity index (χ1n) is 8.59. The molecule has 1 aromatic heterocycles. The lowest BCUT2D eigenvalue weighted by Gasteiger charge is -2.13. The van der Waals surface area contributed by atoms with E-state index in [0.717, 1.165) is 29.3 Å². The van der Waals surface area contributed by atoms with Crippen molar-refractivity contribution in [1.82, 2.24) is 4.98 Å². The number of para-hydroxylation sites is 3. The maximum Gasteiger partial charge on any atom is 0.225 e. The number of nitrogens with zero attached hydrogens (tertiary/aromatic N) is 1. The van der Waals surface area contributed by atoms with Gasteiger partial charge in [-0.3, -0.25) is 4.79 Å². The molecule has 0 bridgehead atoms. The molecule has 2 N–H and O–H groups in total. The third-order valence-corrected chi connectivity index (χ3v) is 3.65. The molecular weight excluding hydrogens is 326 g/mol. The number of rotatable bonds is 7. The van der Waals surface area contributed by atoms with E-state index in [1.807, 2.05) is 67.6 Å². The van der Waals surface area contributed by atoms with Crippen LogP contribution >= 0.6 is 0 Å². The fourth-order valence-electron chi connectivity index (χ4n) is 2.40. The number of ether oxygens (including phenoxy) is 1. The zero-order valence-corrected chi connectivity index (χ0v) is 14.6. The van der Waals surface area contributed by atoms with E-state index in [-0.39, 0.29) is 5.91 Å². The summed E-state index contributed by atoms with van der Waals surface area (Å²) < 4.78 is 5.95. The minimum absolute atomic E-state index is 0.0256. The standard InChI is InChI=1S/C21H21N3O2/c1-2-8-21(25)24-20-14-13-16(15-22-20)23-18-11-6-7-12-19(18)26-17-9-4-3-5-10-17/h3-7,9-15,23H,2,8H2,1H3,(H,22,24,25). The van der Waals surface area contributed by atoms with Crippen molar-refractivity contribution in [3.8, 4) is 11.5 Å². The molecule has 0 saturated heterocycles. The van der Waals surface area contributed by atoms with Crippen molar-refractivity contribution in [1.29, 1.82) is 0 Å². The van der Waals surface area contributed by atoms with Crippen LogP contribution in [-0.4, -0.2) is 10.9 Å². The molecule has 26 heavy (non-hydrogen) atoms. The van der Waals surface area contributed by atoms with Crippen LogP contribution in [0.3, 0.4) is 0 Å². The average Bonchev–Trinajstić information content (AvgIpc) is 2.66. The molecule has 0 radical (unpaired) electrons. The summed E-state index contributed by atoms with van der Waals surface area (Å²) >= 11 is 0. The van der Waals surface area contributed by atoms with Crippen molar-refractivity contribution < 1.29 is 9.53 Å². The smallest absolute Gasteiger partial charge is 0.225 e. The number of carbonyl (C=O) groups is 1. The molecule has 132 valence electrons. The Morgan fingerprint density at radius 3 is 2.50 bits per heavy atom. The van der Waals surface area contributed by atoms with Crippen LogP contribution in [0.1, 0.15) is 19.8 Å². The normalized spacial score (nSPS) is 10.2. The summed E-state index contributed by atoms with van der Waals surface area (Å²) in [5.41, 5.74) is 1.64. The maximum atomic E-state index is 11.6. The number of hydrogen-bond donors (Lipinski definition) is 2. The van der Waals surface area contributed by atoms with E-state index in [0.29, 0.717) is 12.2 Å². The van der Waals surface area contributed by atoms with E-state index < -0.39 is 0 Å². The summed E-state index contributed by atoms with van der Waals surface area (Å²) in [4.78, 5) is 15.9. The van der Waals surface area contributed by atoms with Crippen LogP contribution in [-0.2, 0) is 4.79 Å². The molecular formula is C21H21N3O2. The van der Waals surface area contributed by atoms with E-state index >= 15 is 0 Å². The molecule has 0 aliphatic rings. The van der Waals surface area contributed by atoms with Gasteiger partial charge in [0.2, 0.25) is 5.91 Å². The molecule has 5 heteroatoms. The van der Waals surface area contributed by atoms with Crippen molar-refractivity contribution in [2.24, 2.45) is 0 Å². The van der Waals surface area contributed by atoms with Crippen LogP contribution in [0.2, 0.25) is 0 Å². The molecule has 5 nitrogen and oxygen atoms in total. The summed E-state index contributed by atoms with van der Waals surface area (Å²) in [5, 5.41) is 6.07. The second-order valence-electron chi connectivity index (χ2n) is 5.77. The van der Waals surface area contributed by atoms with Gasteiger partial charge in [-0.1, -0.05) is 37.3 Å². The van der Waals surface area contributed by atoms with Crippen LogP contribution in [0.25, 0.3) is 0 Å². The lowest BCUT2D eigenvalue weighted by molar-refractivity contribution is -0.116. The second-order valence-corrected chi connectivity index (χ2v) is 5.77. The van der Waals surface area contributed by atoms with E-state index in [1.165, 1.54) is 0 Å². The average molecular weight is 347 g/mol. The molecule has 1 heterocycles. The van der Waals surface area contributed by atoms with Crippen molar-refractivity contribution in [2.45, 2.75) is 19.8 Å². The van der Waals surface area contributed by atoms with Gasteiger partial charge in [0.15, 0.2) is 5.75 Å². The van der Waals surface area contributed by atoms with Crippen molar-refractivity contribution in [3.63, 3.8) is 0 Å². The maximum absolute atomic E-state index is 11.6. The highest BCUT2D eigenvalue weighted by Crippen LogP contribution is 2.31. The van der Waals surface area contributed by atoms with Gasteiger partial charge < -0.3 is 15.4 Å². The number of hydrogen-bond acceptors (Lipinski definition) is 4. The number of pyridine rings is 1. The van der Waals surface area contributed by atoms with Gasteiger partial charge in [0.05, 0.1) is 17.6 Å². The molecule has 2 aromatic carbocycles. The lowest BCUT2D eigenvalue weighted by atomic mass is 10.2. The first-order valence-corrected chi connectivity index (χ1v) is 8.59. The summed E-state index contributed by atoms with van der Waals surface area (Å²) in [7, 11) is 0. The van der Waals surface area contributed by atoms with Gasteiger partial charge in [-0.25, -0.2) is 4.98 Å². The monoisotopic (exact) mass is 347 g/mol. The van der Waals surface area contributed by atoms with Gasteiger partial charge in [-0.15, -0.1) is 0 Å². The Labute approximate surface area is 153 Å². The van der Waals surface area contributed by atoms with Gasteiger partial charge in [0, 0.05) is 6.42 Å². The number of nitrogens with one attached hydrogen (secondary N) is 2. The van der Waals surface area contributed by atoms with Crippen LogP contribution in [0.4, 0.5) is 17.2 Å². The molecule has 3 rings (SSSR count). The molecule has 0 aliphatic carbocycles. The predicted molar refractivity (Wildman–Crippen MR) is 104 cm³/mol. The fourth-order valence-corrected chi connectivity index (χ4v) is 2.40. The molecule has 0 atom stereocenters. The van der Waals surface area contributed by atoms with Crippen LogP contribution in [0, 0.1) is 0 Å². The number of aromatic nitrogens is 1. The Morgan fingerprint density at radius 2 is 1.77 bits per heavy atom. The highest BCUT2D eigenvalue weighted by atomic mass is 16.5. The van der Waals surface area contributed by atoms with E-state index in [1.54, 1.807) is 12.3 Å². The molecule has 0 aliphatic heterocycles. The molecule has 0 spiro atoms. The third kappa shape index (κ3) is 4.83. The van der Waals surface area contributed by atoms with Gasteiger partial charge in [0.25, 0.3) is 0 Å². The van der Waals surface area contributed by atoms with Crippen LogP contribution < -0.4 is 15.4 Å². The van der Waals surface area contributed by atoms with Crippen LogP contribution in [0.5, 0.6) is 11.5 Å². The minimum atomic E-state index is -0.0256. The SMILES string of the molecule is CCCC(=O)Nc1ccc(Nc2ccccc2Oc2ccccc2)cn1.